The molecular weight excluding hydrogens is 393 g/mol. The van der Waals surface area contributed by atoms with Crippen molar-refractivity contribution >= 4 is 23.2 Å². The van der Waals surface area contributed by atoms with E-state index in [-0.39, 0.29) is 6.10 Å². The van der Waals surface area contributed by atoms with Crippen molar-refractivity contribution in [3.8, 4) is 11.5 Å². The van der Waals surface area contributed by atoms with Crippen LogP contribution in [0.2, 0.25) is 10.0 Å². The highest BCUT2D eigenvalue weighted by molar-refractivity contribution is 6.42. The third kappa shape index (κ3) is 6.30. The molecule has 0 aliphatic carbocycles. The van der Waals surface area contributed by atoms with Gasteiger partial charge in [0.15, 0.2) is 0 Å². The summed E-state index contributed by atoms with van der Waals surface area (Å²) in [6.45, 7) is 5.65. The highest BCUT2D eigenvalue weighted by atomic mass is 35.5. The van der Waals surface area contributed by atoms with Gasteiger partial charge in [-0.3, -0.25) is 0 Å². The highest BCUT2D eigenvalue weighted by Gasteiger charge is 2.22. The van der Waals surface area contributed by atoms with E-state index in [9.17, 15) is 0 Å². The summed E-state index contributed by atoms with van der Waals surface area (Å²) < 4.78 is 11.4. The maximum Gasteiger partial charge on any atom is 0.121 e. The van der Waals surface area contributed by atoms with Crippen molar-refractivity contribution in [1.29, 1.82) is 0 Å². The third-order valence-electron chi connectivity index (χ3n) is 5.36. The van der Waals surface area contributed by atoms with Crippen LogP contribution in [0.4, 0.5) is 0 Å². The fourth-order valence-electron chi connectivity index (χ4n) is 3.73. The monoisotopic (exact) mass is 421 g/mol. The predicted molar refractivity (Wildman–Crippen MR) is 117 cm³/mol. The minimum atomic E-state index is 0.251. The van der Waals surface area contributed by atoms with Crippen molar-refractivity contribution in [2.45, 2.75) is 38.7 Å². The van der Waals surface area contributed by atoms with Crippen LogP contribution in [0.5, 0.6) is 11.5 Å². The lowest BCUT2D eigenvalue weighted by atomic mass is 9.99. The zero-order valence-corrected chi connectivity index (χ0v) is 18.2. The average Bonchev–Trinajstić information content (AvgIpc) is 2.71. The molecule has 0 saturated carbocycles. The number of aryl methyl sites for hydroxylation is 1. The van der Waals surface area contributed by atoms with Gasteiger partial charge in [-0.1, -0.05) is 42.3 Å². The van der Waals surface area contributed by atoms with Crippen LogP contribution >= 0.6 is 23.2 Å². The number of halogens is 2. The Morgan fingerprint density at radius 1 is 1.04 bits per heavy atom. The minimum Gasteiger partial charge on any atom is -0.497 e. The Morgan fingerprint density at radius 3 is 2.54 bits per heavy atom. The van der Waals surface area contributed by atoms with E-state index in [0.29, 0.717) is 16.0 Å². The van der Waals surface area contributed by atoms with E-state index in [4.69, 9.17) is 32.7 Å². The molecule has 0 amide bonds. The van der Waals surface area contributed by atoms with Crippen LogP contribution in [0.1, 0.15) is 31.7 Å². The molecule has 0 aromatic heterocycles. The van der Waals surface area contributed by atoms with E-state index in [1.807, 2.05) is 12.1 Å². The lowest BCUT2D eigenvalue weighted by Crippen LogP contribution is -2.40. The molecule has 1 aliphatic rings. The maximum absolute atomic E-state index is 6.09. The van der Waals surface area contributed by atoms with Gasteiger partial charge >= 0.3 is 0 Å². The summed E-state index contributed by atoms with van der Waals surface area (Å²) in [5, 5.41) is 1.10. The van der Waals surface area contributed by atoms with Crippen molar-refractivity contribution in [3.05, 3.63) is 58.1 Å². The Morgan fingerprint density at radius 2 is 1.82 bits per heavy atom. The van der Waals surface area contributed by atoms with E-state index in [0.717, 1.165) is 50.4 Å². The van der Waals surface area contributed by atoms with Crippen LogP contribution in [-0.4, -0.2) is 37.7 Å². The Balaban J connectivity index is 1.39. The van der Waals surface area contributed by atoms with Crippen LogP contribution < -0.4 is 9.47 Å². The number of nitrogens with zero attached hydrogens (tertiary/aromatic N) is 1. The number of hydrogen-bond acceptors (Lipinski definition) is 3. The molecule has 28 heavy (non-hydrogen) atoms. The fraction of sp³-hybridized carbons (Fsp3) is 0.478. The standard InChI is InChI=1S/C23H29Cl2NO2/c1-17(6-7-18-4-3-5-20(14-18)27-2)16-26-12-10-19(11-13-26)28-21-8-9-22(24)23(25)15-21/h3-5,8-9,14-15,17,19H,6-7,10-13,16H2,1-2H3/t17-/m1/s1. The molecule has 0 unspecified atom stereocenters. The predicted octanol–water partition coefficient (Wildman–Crippen LogP) is 6.11. The summed E-state index contributed by atoms with van der Waals surface area (Å²) in [6, 6.07) is 13.9. The molecule has 1 heterocycles. The second kappa shape index (κ2) is 10.4. The number of ether oxygens (including phenoxy) is 2. The number of benzene rings is 2. The molecule has 152 valence electrons. The number of methoxy groups -OCH3 is 1. The van der Waals surface area contributed by atoms with Crippen LogP contribution in [0.15, 0.2) is 42.5 Å². The van der Waals surface area contributed by atoms with Crippen LogP contribution in [0.25, 0.3) is 0 Å². The van der Waals surface area contributed by atoms with Gasteiger partial charge in [0.05, 0.1) is 17.2 Å². The summed E-state index contributed by atoms with van der Waals surface area (Å²) in [7, 11) is 1.72. The molecule has 2 aromatic carbocycles. The third-order valence-corrected chi connectivity index (χ3v) is 6.10. The number of hydrogen-bond donors (Lipinski definition) is 0. The fourth-order valence-corrected chi connectivity index (χ4v) is 4.01. The highest BCUT2D eigenvalue weighted by Crippen LogP contribution is 2.28. The first-order chi connectivity index (χ1) is 13.5. The quantitative estimate of drug-likeness (QED) is 0.512. The van der Waals surface area contributed by atoms with Gasteiger partial charge in [-0.25, -0.2) is 0 Å². The van der Waals surface area contributed by atoms with Crippen molar-refractivity contribution in [3.63, 3.8) is 0 Å². The average molecular weight is 422 g/mol. The van der Waals surface area contributed by atoms with Gasteiger partial charge in [0, 0.05) is 25.7 Å². The molecule has 1 atom stereocenters. The molecule has 0 bridgehead atoms. The van der Waals surface area contributed by atoms with Gasteiger partial charge in [0.25, 0.3) is 0 Å². The topological polar surface area (TPSA) is 21.7 Å². The van der Waals surface area contributed by atoms with E-state index in [1.165, 1.54) is 12.0 Å². The molecular formula is C23H29Cl2NO2. The molecule has 3 rings (SSSR count). The van der Waals surface area contributed by atoms with Gasteiger partial charge in [0.2, 0.25) is 0 Å². The van der Waals surface area contributed by atoms with Crippen LogP contribution in [-0.2, 0) is 6.42 Å². The van der Waals surface area contributed by atoms with Crippen LogP contribution in [0, 0.1) is 5.92 Å². The zero-order chi connectivity index (χ0) is 19.9. The molecule has 0 spiro atoms. The lowest BCUT2D eigenvalue weighted by molar-refractivity contribution is 0.0919. The normalized spacial score (nSPS) is 16.7. The second-order valence-corrected chi connectivity index (χ2v) is 8.50. The Labute approximate surface area is 178 Å². The Bertz CT molecular complexity index is 760. The summed E-state index contributed by atoms with van der Waals surface area (Å²) in [4.78, 5) is 2.56. The summed E-state index contributed by atoms with van der Waals surface area (Å²) >= 11 is 12.0. The molecule has 1 saturated heterocycles. The van der Waals surface area contributed by atoms with E-state index in [1.54, 1.807) is 19.2 Å². The minimum absolute atomic E-state index is 0.251. The molecule has 3 nitrogen and oxygen atoms in total. The SMILES string of the molecule is COc1cccc(CC[C@@H](C)CN2CCC(Oc3ccc(Cl)c(Cl)c3)CC2)c1. The first-order valence-corrected chi connectivity index (χ1v) is 10.8. The molecule has 1 fully saturated rings. The van der Waals surface area contributed by atoms with Crippen molar-refractivity contribution in [1.82, 2.24) is 4.90 Å². The summed E-state index contributed by atoms with van der Waals surface area (Å²) in [5.41, 5.74) is 1.35. The van der Waals surface area contributed by atoms with Gasteiger partial charge in [-0.15, -0.1) is 0 Å². The molecule has 0 radical (unpaired) electrons. The van der Waals surface area contributed by atoms with Gasteiger partial charge in [-0.05, 0) is 61.4 Å². The maximum atomic E-state index is 6.09. The van der Waals surface area contributed by atoms with Gasteiger partial charge in [0.1, 0.15) is 17.6 Å². The second-order valence-electron chi connectivity index (χ2n) is 7.69. The first kappa shape index (κ1) is 21.3. The molecule has 0 N–H and O–H groups in total. The number of piperidine rings is 1. The summed E-state index contributed by atoms with van der Waals surface area (Å²) in [5.74, 6) is 2.41. The van der Waals surface area contributed by atoms with Crippen molar-refractivity contribution in [2.75, 3.05) is 26.7 Å². The number of rotatable bonds is 8. The van der Waals surface area contributed by atoms with Crippen molar-refractivity contribution < 1.29 is 9.47 Å². The van der Waals surface area contributed by atoms with Gasteiger partial charge in [-0.2, -0.15) is 0 Å². The van der Waals surface area contributed by atoms with E-state index >= 15 is 0 Å². The van der Waals surface area contributed by atoms with E-state index < -0.39 is 0 Å². The molecule has 2 aromatic rings. The first-order valence-electron chi connectivity index (χ1n) is 10.0. The Kier molecular flexibility index (Phi) is 7.90. The zero-order valence-electron chi connectivity index (χ0n) is 16.7. The summed E-state index contributed by atoms with van der Waals surface area (Å²) in [6.07, 6.45) is 4.62. The lowest BCUT2D eigenvalue weighted by Gasteiger charge is -2.33. The van der Waals surface area contributed by atoms with E-state index in [2.05, 4.69) is 30.0 Å². The van der Waals surface area contributed by atoms with Crippen LogP contribution in [0.3, 0.4) is 0 Å². The smallest absolute Gasteiger partial charge is 0.121 e. The number of likely N-dealkylation sites (tertiary alicyclic amines) is 1. The Hall–Kier alpha value is -1.42. The van der Waals surface area contributed by atoms with Crippen molar-refractivity contribution in [2.24, 2.45) is 5.92 Å². The molecule has 5 heteroatoms. The largest absolute Gasteiger partial charge is 0.497 e. The molecule has 1 aliphatic heterocycles. The van der Waals surface area contributed by atoms with Gasteiger partial charge < -0.3 is 14.4 Å².